The van der Waals surface area contributed by atoms with Crippen LogP contribution in [0.4, 0.5) is 9.59 Å². The van der Waals surface area contributed by atoms with Gasteiger partial charge in [0, 0.05) is 5.92 Å². The number of nitrogens with one attached hydrogen (secondary N) is 2. The number of hydrogen-bond donors (Lipinski definition) is 2. The lowest BCUT2D eigenvalue weighted by atomic mass is 9.98. The molecule has 1 aliphatic carbocycles. The van der Waals surface area contributed by atoms with Gasteiger partial charge < -0.3 is 34.0 Å². The lowest BCUT2D eigenvalue weighted by Crippen LogP contribution is -2.34. The summed E-state index contributed by atoms with van der Waals surface area (Å²) in [6.07, 6.45) is -1.44. The fourth-order valence-electron chi connectivity index (χ4n) is 5.33. The fraction of sp³-hybridized carbons (Fsp3) is 0.333. The van der Waals surface area contributed by atoms with Crippen LogP contribution in [0.3, 0.4) is 0 Å². The van der Waals surface area contributed by atoms with Crippen LogP contribution in [0.25, 0.3) is 11.1 Å². The first-order chi connectivity index (χ1) is 22.5. The predicted octanol–water partition coefficient (Wildman–Crippen LogP) is 6.84. The number of ether oxygens (including phenoxy) is 4. The molecule has 5 rings (SSSR count). The molecular formula is C36H39N3O8. The van der Waals surface area contributed by atoms with Gasteiger partial charge in [-0.05, 0) is 55.5 Å². The molecule has 0 spiro atoms. The summed E-state index contributed by atoms with van der Waals surface area (Å²) in [5.41, 5.74) is 4.49. The van der Waals surface area contributed by atoms with Gasteiger partial charge in [0.05, 0.1) is 25.4 Å². The van der Waals surface area contributed by atoms with Crippen LogP contribution in [0.2, 0.25) is 0 Å². The maximum Gasteiger partial charge on any atom is 0.408 e. The molecule has 3 aromatic carbocycles. The first kappa shape index (κ1) is 33.2. The number of rotatable bonds is 11. The van der Waals surface area contributed by atoms with Gasteiger partial charge in [-0.3, -0.25) is 0 Å². The lowest BCUT2D eigenvalue weighted by Gasteiger charge is -2.23. The van der Waals surface area contributed by atoms with E-state index in [1.54, 1.807) is 6.92 Å². The van der Waals surface area contributed by atoms with E-state index in [9.17, 15) is 14.4 Å². The maximum absolute atomic E-state index is 13.0. The molecule has 1 unspecified atom stereocenters. The third-order valence-corrected chi connectivity index (χ3v) is 7.61. The molecule has 246 valence electrons. The summed E-state index contributed by atoms with van der Waals surface area (Å²) < 4.78 is 28.0. The summed E-state index contributed by atoms with van der Waals surface area (Å²) in [6.45, 7) is 7.32. The van der Waals surface area contributed by atoms with Crippen LogP contribution >= 0.6 is 0 Å². The second-order valence-electron chi connectivity index (χ2n) is 12.1. The van der Waals surface area contributed by atoms with Crippen molar-refractivity contribution in [3.8, 4) is 11.1 Å². The lowest BCUT2D eigenvalue weighted by molar-refractivity contribution is -0.0183. The average Bonchev–Trinajstić information content (AvgIpc) is 3.65. The van der Waals surface area contributed by atoms with E-state index in [-0.39, 0.29) is 43.1 Å². The van der Waals surface area contributed by atoms with E-state index in [1.165, 1.54) is 7.11 Å². The second kappa shape index (κ2) is 14.5. The molecule has 2 N–H and O–H groups in total. The summed E-state index contributed by atoms with van der Waals surface area (Å²) in [5.74, 6) is -0.899. The largest absolute Gasteiger partial charge is 0.464 e. The Bertz CT molecular complexity index is 1670. The van der Waals surface area contributed by atoms with Gasteiger partial charge >= 0.3 is 18.2 Å². The molecule has 1 heterocycles. The van der Waals surface area contributed by atoms with Crippen LogP contribution in [0.15, 0.2) is 83.3 Å². The molecule has 2 atom stereocenters. The summed E-state index contributed by atoms with van der Waals surface area (Å²) in [5, 5.41) is 5.44. The summed E-state index contributed by atoms with van der Waals surface area (Å²) >= 11 is 0. The highest BCUT2D eigenvalue weighted by atomic mass is 16.6. The van der Waals surface area contributed by atoms with E-state index < -0.39 is 35.8 Å². The summed E-state index contributed by atoms with van der Waals surface area (Å²) in [7, 11) is 1.21. The number of hydrogen-bond acceptors (Lipinski definition) is 9. The van der Waals surface area contributed by atoms with Crippen molar-refractivity contribution >= 4 is 18.2 Å². The monoisotopic (exact) mass is 641 g/mol. The van der Waals surface area contributed by atoms with Crippen LogP contribution < -0.4 is 10.6 Å². The molecular weight excluding hydrogens is 602 g/mol. The van der Waals surface area contributed by atoms with Crippen molar-refractivity contribution in [2.24, 2.45) is 0 Å². The molecule has 11 nitrogen and oxygen atoms in total. The second-order valence-corrected chi connectivity index (χ2v) is 12.1. The molecule has 4 aromatic rings. The zero-order valence-electron chi connectivity index (χ0n) is 27.1. The normalized spacial score (nSPS) is 13.6. The fourth-order valence-corrected chi connectivity index (χ4v) is 5.33. The molecule has 0 radical (unpaired) electrons. The number of methoxy groups -OCH3 is 1. The number of carbonyl (C=O) groups is 3. The van der Waals surface area contributed by atoms with Crippen LogP contribution in [-0.2, 0) is 25.6 Å². The molecule has 11 heteroatoms. The van der Waals surface area contributed by atoms with Crippen molar-refractivity contribution in [2.45, 2.75) is 57.9 Å². The van der Waals surface area contributed by atoms with Crippen molar-refractivity contribution in [3.05, 3.63) is 113 Å². The Morgan fingerprint density at radius 2 is 1.45 bits per heavy atom. The third kappa shape index (κ3) is 8.17. The van der Waals surface area contributed by atoms with E-state index >= 15 is 0 Å². The van der Waals surface area contributed by atoms with Crippen molar-refractivity contribution in [2.75, 3.05) is 20.3 Å². The Labute approximate surface area is 273 Å². The predicted molar refractivity (Wildman–Crippen MR) is 173 cm³/mol. The zero-order valence-corrected chi connectivity index (χ0v) is 27.1. The Morgan fingerprint density at radius 1 is 0.851 bits per heavy atom. The SMILES string of the molecule is COC(=O)c1nc(C(COC(C)(C)C)NC(=O)OCc2ccccc2)oc1[C@H](C)NC(=O)OCC1c2ccccc2-c2ccccc21. The van der Waals surface area contributed by atoms with Gasteiger partial charge in [-0.1, -0.05) is 78.9 Å². The number of nitrogens with zero attached hydrogens (tertiary/aromatic N) is 1. The van der Waals surface area contributed by atoms with Crippen LogP contribution in [0.1, 0.15) is 84.5 Å². The number of carbonyl (C=O) groups excluding carboxylic acids is 3. The topological polar surface area (TPSA) is 138 Å². The number of fused-ring (bicyclic) bond motifs is 3. The number of aromatic nitrogens is 1. The molecule has 0 saturated carbocycles. The van der Waals surface area contributed by atoms with E-state index in [2.05, 4.69) is 27.8 Å². The molecule has 2 amide bonds. The summed E-state index contributed by atoms with van der Waals surface area (Å²) in [4.78, 5) is 43.0. The van der Waals surface area contributed by atoms with E-state index in [1.807, 2.05) is 87.5 Å². The van der Waals surface area contributed by atoms with Gasteiger partial charge in [-0.2, -0.15) is 0 Å². The molecule has 0 bridgehead atoms. The Hall–Kier alpha value is -5.16. The van der Waals surface area contributed by atoms with Crippen LogP contribution in [0.5, 0.6) is 0 Å². The van der Waals surface area contributed by atoms with E-state index in [0.29, 0.717) is 0 Å². The van der Waals surface area contributed by atoms with Gasteiger partial charge in [-0.15, -0.1) is 0 Å². The van der Waals surface area contributed by atoms with Crippen molar-refractivity contribution < 1.29 is 37.7 Å². The van der Waals surface area contributed by atoms with E-state index in [0.717, 1.165) is 27.8 Å². The minimum absolute atomic E-state index is 0.0255. The van der Waals surface area contributed by atoms with Gasteiger partial charge in [0.2, 0.25) is 5.89 Å². The van der Waals surface area contributed by atoms with Gasteiger partial charge in [-0.25, -0.2) is 19.4 Å². The van der Waals surface area contributed by atoms with Crippen molar-refractivity contribution in [3.63, 3.8) is 0 Å². The highest BCUT2D eigenvalue weighted by molar-refractivity contribution is 5.88. The minimum Gasteiger partial charge on any atom is -0.464 e. The molecule has 0 aliphatic heterocycles. The smallest absolute Gasteiger partial charge is 0.408 e. The van der Waals surface area contributed by atoms with Crippen molar-refractivity contribution in [1.82, 2.24) is 15.6 Å². The zero-order chi connectivity index (χ0) is 33.6. The highest BCUT2D eigenvalue weighted by Crippen LogP contribution is 2.44. The van der Waals surface area contributed by atoms with Gasteiger partial charge in [0.25, 0.3) is 0 Å². The summed E-state index contributed by atoms with van der Waals surface area (Å²) in [6, 6.07) is 23.5. The van der Waals surface area contributed by atoms with Crippen molar-refractivity contribution in [1.29, 1.82) is 0 Å². The minimum atomic E-state index is -0.934. The Morgan fingerprint density at radius 3 is 2.06 bits per heavy atom. The number of esters is 1. The standard InChI is InChI=1S/C36H39N3O8/c1-22(37-34(41)45-20-28-26-17-11-9-15-24(26)25-16-10-12-18-27(25)28)31-30(33(40)43-5)39-32(47-31)29(21-46-36(2,3)4)38-35(42)44-19-23-13-7-6-8-14-23/h6-18,22,28-29H,19-21H2,1-5H3,(H,37,41)(H,38,42)/t22-,29?/m0/s1. The third-order valence-electron chi connectivity index (χ3n) is 7.61. The maximum atomic E-state index is 13.0. The number of amides is 2. The molecule has 1 aliphatic rings. The Balaban J connectivity index is 1.30. The van der Waals surface area contributed by atoms with Gasteiger partial charge in [0.1, 0.15) is 19.3 Å². The van der Waals surface area contributed by atoms with Gasteiger partial charge in [0.15, 0.2) is 11.5 Å². The molecule has 1 aromatic heterocycles. The Kier molecular flexibility index (Phi) is 10.3. The quantitative estimate of drug-likeness (QED) is 0.133. The van der Waals surface area contributed by atoms with Crippen LogP contribution in [0, 0.1) is 0 Å². The molecule has 0 saturated heterocycles. The van der Waals surface area contributed by atoms with Crippen LogP contribution in [-0.4, -0.2) is 49.1 Å². The highest BCUT2D eigenvalue weighted by Gasteiger charge is 2.33. The number of alkyl carbamates (subject to hydrolysis) is 2. The molecule has 0 fully saturated rings. The first-order valence-electron chi connectivity index (χ1n) is 15.4. The number of benzene rings is 3. The average molecular weight is 642 g/mol. The first-order valence-corrected chi connectivity index (χ1v) is 15.4. The molecule has 47 heavy (non-hydrogen) atoms. The number of oxazole rings is 1. The van der Waals surface area contributed by atoms with E-state index in [4.69, 9.17) is 23.4 Å².